The van der Waals surface area contributed by atoms with Crippen LogP contribution in [0.3, 0.4) is 0 Å². The van der Waals surface area contributed by atoms with Crippen LogP contribution in [0, 0.1) is 19.8 Å². The Bertz CT molecular complexity index is 705. The van der Waals surface area contributed by atoms with Gasteiger partial charge in [0.15, 0.2) is 5.76 Å². The second-order valence-corrected chi connectivity index (χ2v) is 8.65. The van der Waals surface area contributed by atoms with Crippen molar-refractivity contribution in [1.29, 1.82) is 0 Å². The average Bonchev–Trinajstić information content (AvgIpc) is 2.81. The summed E-state index contributed by atoms with van der Waals surface area (Å²) in [5.41, 5.74) is 0.378. The van der Waals surface area contributed by atoms with Crippen LogP contribution in [0.4, 0.5) is 0 Å². The Morgan fingerprint density at radius 3 is 2.64 bits per heavy atom. The number of piperidine rings is 1. The van der Waals surface area contributed by atoms with Crippen molar-refractivity contribution in [2.75, 3.05) is 39.3 Å². The van der Waals surface area contributed by atoms with Gasteiger partial charge in [-0.05, 0) is 39.7 Å². The molecule has 0 radical (unpaired) electrons. The van der Waals surface area contributed by atoms with Gasteiger partial charge < -0.3 is 14.7 Å². The molecule has 1 amide bonds. The molecule has 25 heavy (non-hydrogen) atoms. The smallest absolute Gasteiger partial charge is 0.248 e. The zero-order valence-electron chi connectivity index (χ0n) is 14.8. The van der Waals surface area contributed by atoms with Gasteiger partial charge in [-0.15, -0.1) is 0 Å². The van der Waals surface area contributed by atoms with Gasteiger partial charge in [-0.1, -0.05) is 5.16 Å². The van der Waals surface area contributed by atoms with E-state index >= 15 is 0 Å². The lowest BCUT2D eigenvalue weighted by Gasteiger charge is -2.28. The standard InChI is InChI=1S/C16H26N4O4S/c1-12-15(13(2)24-18-12)25(22,23)20-8-4-7-19(9-10-20)16(21)14-5-3-6-17-11-14/h14,17H,3-11H2,1-2H3. The van der Waals surface area contributed by atoms with E-state index in [1.54, 1.807) is 13.8 Å². The Hall–Kier alpha value is -1.45. The Morgan fingerprint density at radius 2 is 2.00 bits per heavy atom. The summed E-state index contributed by atoms with van der Waals surface area (Å²) in [6, 6.07) is 0. The third-order valence-electron chi connectivity index (χ3n) is 4.98. The molecule has 0 bridgehead atoms. The van der Waals surface area contributed by atoms with E-state index in [0.29, 0.717) is 44.1 Å². The van der Waals surface area contributed by atoms with Crippen molar-refractivity contribution in [2.24, 2.45) is 5.92 Å². The maximum atomic E-state index is 12.9. The van der Waals surface area contributed by atoms with E-state index in [1.807, 2.05) is 4.90 Å². The predicted molar refractivity (Wildman–Crippen MR) is 91.5 cm³/mol. The molecule has 1 aromatic heterocycles. The molecule has 9 heteroatoms. The van der Waals surface area contributed by atoms with E-state index in [4.69, 9.17) is 4.52 Å². The minimum absolute atomic E-state index is 0.0134. The number of aryl methyl sites for hydroxylation is 2. The molecular formula is C16H26N4O4S. The van der Waals surface area contributed by atoms with Gasteiger partial charge in [0, 0.05) is 32.7 Å². The molecule has 2 aliphatic rings. The molecule has 2 saturated heterocycles. The fourth-order valence-corrected chi connectivity index (χ4v) is 5.41. The number of nitrogens with zero attached hydrogens (tertiary/aromatic N) is 3. The Balaban J connectivity index is 1.70. The van der Waals surface area contributed by atoms with Gasteiger partial charge in [0.1, 0.15) is 10.6 Å². The van der Waals surface area contributed by atoms with Crippen molar-refractivity contribution in [1.82, 2.24) is 19.7 Å². The molecule has 0 spiro atoms. The van der Waals surface area contributed by atoms with E-state index in [1.165, 1.54) is 4.31 Å². The fraction of sp³-hybridized carbons (Fsp3) is 0.750. The molecule has 0 aliphatic carbocycles. The number of hydrogen-bond acceptors (Lipinski definition) is 6. The van der Waals surface area contributed by atoms with Crippen LogP contribution in [0.5, 0.6) is 0 Å². The normalized spacial score (nSPS) is 23.4. The first-order valence-corrected chi connectivity index (χ1v) is 10.3. The molecule has 1 atom stereocenters. The Labute approximate surface area is 148 Å². The van der Waals surface area contributed by atoms with Crippen LogP contribution in [-0.4, -0.2) is 68.0 Å². The fourth-order valence-electron chi connectivity index (χ4n) is 3.65. The van der Waals surface area contributed by atoms with E-state index in [-0.39, 0.29) is 16.7 Å². The quantitative estimate of drug-likeness (QED) is 0.833. The summed E-state index contributed by atoms with van der Waals surface area (Å²) >= 11 is 0. The first-order valence-electron chi connectivity index (χ1n) is 8.84. The van der Waals surface area contributed by atoms with Gasteiger partial charge in [0.2, 0.25) is 15.9 Å². The van der Waals surface area contributed by atoms with Crippen molar-refractivity contribution in [2.45, 2.75) is 38.0 Å². The Kier molecular flexibility index (Phi) is 5.45. The summed E-state index contributed by atoms with van der Waals surface area (Å²) in [7, 11) is -3.65. The molecule has 0 saturated carbocycles. The number of hydrogen-bond donors (Lipinski definition) is 1. The lowest BCUT2D eigenvalue weighted by atomic mass is 9.98. The molecule has 1 aromatic rings. The number of sulfonamides is 1. The number of aromatic nitrogens is 1. The van der Waals surface area contributed by atoms with E-state index in [2.05, 4.69) is 10.5 Å². The molecular weight excluding hydrogens is 344 g/mol. The summed E-state index contributed by atoms with van der Waals surface area (Å²) < 4.78 is 32.3. The number of carbonyl (C=O) groups is 1. The predicted octanol–water partition coefficient (Wildman–Crippen LogP) is 0.514. The van der Waals surface area contributed by atoms with Crippen LogP contribution >= 0.6 is 0 Å². The Morgan fingerprint density at radius 1 is 1.20 bits per heavy atom. The van der Waals surface area contributed by atoms with Crippen LogP contribution in [-0.2, 0) is 14.8 Å². The zero-order valence-corrected chi connectivity index (χ0v) is 15.6. The monoisotopic (exact) mass is 370 g/mol. The van der Waals surface area contributed by atoms with Gasteiger partial charge in [0.05, 0.1) is 5.92 Å². The molecule has 3 rings (SSSR count). The molecule has 8 nitrogen and oxygen atoms in total. The first-order chi connectivity index (χ1) is 11.9. The minimum atomic E-state index is -3.65. The lowest BCUT2D eigenvalue weighted by molar-refractivity contribution is -0.135. The van der Waals surface area contributed by atoms with Gasteiger partial charge in [-0.3, -0.25) is 4.79 Å². The van der Waals surface area contributed by atoms with E-state index in [0.717, 1.165) is 25.9 Å². The van der Waals surface area contributed by atoms with Gasteiger partial charge in [0.25, 0.3) is 0 Å². The summed E-state index contributed by atoms with van der Waals surface area (Å²) in [6.07, 6.45) is 2.55. The molecule has 2 fully saturated rings. The minimum Gasteiger partial charge on any atom is -0.360 e. The molecule has 3 heterocycles. The number of nitrogens with one attached hydrogen (secondary N) is 1. The molecule has 1 unspecified atom stereocenters. The van der Waals surface area contributed by atoms with E-state index < -0.39 is 10.0 Å². The topological polar surface area (TPSA) is 95.8 Å². The number of carbonyl (C=O) groups excluding carboxylic acids is 1. The second-order valence-electron chi connectivity index (χ2n) is 6.78. The first kappa shape index (κ1) is 18.3. The van der Waals surface area contributed by atoms with Crippen LogP contribution in [0.1, 0.15) is 30.7 Å². The largest absolute Gasteiger partial charge is 0.360 e. The van der Waals surface area contributed by atoms with Crippen LogP contribution in [0.2, 0.25) is 0 Å². The van der Waals surface area contributed by atoms with Crippen molar-refractivity contribution in [3.05, 3.63) is 11.5 Å². The average molecular weight is 370 g/mol. The maximum absolute atomic E-state index is 12.9. The number of rotatable bonds is 3. The molecule has 0 aromatic carbocycles. The van der Waals surface area contributed by atoms with E-state index in [9.17, 15) is 13.2 Å². The highest BCUT2D eigenvalue weighted by Gasteiger charge is 2.34. The molecule has 140 valence electrons. The summed E-state index contributed by atoms with van der Waals surface area (Å²) in [5, 5.41) is 7.02. The molecule has 2 aliphatic heterocycles. The lowest BCUT2D eigenvalue weighted by Crippen LogP contribution is -2.44. The highest BCUT2D eigenvalue weighted by molar-refractivity contribution is 7.89. The van der Waals surface area contributed by atoms with Crippen LogP contribution in [0.25, 0.3) is 0 Å². The van der Waals surface area contributed by atoms with Crippen molar-refractivity contribution in [3.63, 3.8) is 0 Å². The SMILES string of the molecule is Cc1noc(C)c1S(=O)(=O)N1CCCN(C(=O)C2CCCNC2)CC1. The molecule has 1 N–H and O–H groups in total. The summed E-state index contributed by atoms with van der Waals surface area (Å²) in [4.78, 5) is 14.7. The van der Waals surface area contributed by atoms with Crippen molar-refractivity contribution >= 4 is 15.9 Å². The van der Waals surface area contributed by atoms with Crippen molar-refractivity contribution < 1.29 is 17.7 Å². The van der Waals surface area contributed by atoms with Gasteiger partial charge in [-0.25, -0.2) is 8.42 Å². The van der Waals surface area contributed by atoms with Crippen LogP contribution < -0.4 is 5.32 Å². The highest BCUT2D eigenvalue weighted by Crippen LogP contribution is 2.24. The maximum Gasteiger partial charge on any atom is 0.248 e. The third-order valence-corrected chi connectivity index (χ3v) is 7.12. The summed E-state index contributed by atoms with van der Waals surface area (Å²) in [6.45, 7) is 6.66. The van der Waals surface area contributed by atoms with Crippen LogP contribution in [0.15, 0.2) is 9.42 Å². The number of amides is 1. The van der Waals surface area contributed by atoms with Gasteiger partial charge >= 0.3 is 0 Å². The highest BCUT2D eigenvalue weighted by atomic mass is 32.2. The zero-order chi connectivity index (χ0) is 18.0. The van der Waals surface area contributed by atoms with Gasteiger partial charge in [-0.2, -0.15) is 4.31 Å². The second kappa shape index (κ2) is 7.43. The van der Waals surface area contributed by atoms with Crippen molar-refractivity contribution in [3.8, 4) is 0 Å². The summed E-state index contributed by atoms with van der Waals surface area (Å²) in [5.74, 6) is 0.464. The third kappa shape index (κ3) is 3.73.